The molecule has 0 atom stereocenters. The molecule has 15 heavy (non-hydrogen) atoms. The van der Waals surface area contributed by atoms with E-state index in [4.69, 9.17) is 5.11 Å². The second kappa shape index (κ2) is 3.37. The predicted molar refractivity (Wildman–Crippen MR) is 50.3 cm³/mol. The van der Waals surface area contributed by atoms with E-state index in [0.29, 0.717) is 0 Å². The van der Waals surface area contributed by atoms with Crippen LogP contribution in [-0.2, 0) is 0 Å². The Bertz CT molecular complexity index is 233. The molecule has 0 aromatic rings. The summed E-state index contributed by atoms with van der Waals surface area (Å²) in [6.07, 6.45) is 1.18. The number of rotatable bonds is 1. The Morgan fingerprint density at radius 3 is 1.93 bits per heavy atom. The van der Waals surface area contributed by atoms with Crippen molar-refractivity contribution in [1.82, 2.24) is 0 Å². The first-order valence-electron chi connectivity index (χ1n) is 5.61. The lowest BCUT2D eigenvalue weighted by molar-refractivity contribution is -0.297. The molecule has 2 saturated carbocycles. The molecule has 0 aromatic heterocycles. The molecule has 0 aromatic carbocycles. The van der Waals surface area contributed by atoms with E-state index >= 15 is 0 Å². The van der Waals surface area contributed by atoms with Gasteiger partial charge >= 0.3 is 6.18 Å². The Hall–Kier alpha value is -0.250. The van der Waals surface area contributed by atoms with Crippen molar-refractivity contribution in [3.05, 3.63) is 0 Å². The molecule has 1 N–H and O–H groups in total. The first-order valence-corrected chi connectivity index (χ1v) is 5.61. The lowest BCUT2D eigenvalue weighted by atomic mass is 9.48. The quantitative estimate of drug-likeness (QED) is 0.722. The molecule has 2 rings (SSSR count). The van der Waals surface area contributed by atoms with E-state index in [2.05, 4.69) is 0 Å². The van der Waals surface area contributed by atoms with Crippen LogP contribution >= 0.6 is 0 Å². The third-order valence-electron chi connectivity index (χ3n) is 4.24. The summed E-state index contributed by atoms with van der Waals surface area (Å²) in [5.41, 5.74) is -1.86. The molecule has 0 radical (unpaired) electrons. The summed E-state index contributed by atoms with van der Waals surface area (Å²) in [6, 6.07) is 0. The second-order valence-corrected chi connectivity index (χ2v) is 5.35. The van der Waals surface area contributed by atoms with Crippen molar-refractivity contribution >= 4 is 0 Å². The largest absolute Gasteiger partial charge is 0.396 e. The van der Waals surface area contributed by atoms with Crippen LogP contribution < -0.4 is 0 Å². The highest BCUT2D eigenvalue weighted by molar-refractivity contribution is 5.07. The molecule has 0 amide bonds. The molecule has 2 aliphatic carbocycles. The zero-order chi connectivity index (χ0) is 11.2. The van der Waals surface area contributed by atoms with Gasteiger partial charge in [0.25, 0.3) is 0 Å². The monoisotopic (exact) mass is 222 g/mol. The van der Waals surface area contributed by atoms with Crippen LogP contribution in [0.25, 0.3) is 0 Å². The highest BCUT2D eigenvalue weighted by Gasteiger charge is 2.66. The summed E-state index contributed by atoms with van der Waals surface area (Å²) < 4.78 is 38.2. The minimum atomic E-state index is -4.23. The van der Waals surface area contributed by atoms with Gasteiger partial charge < -0.3 is 5.11 Å². The topological polar surface area (TPSA) is 20.2 Å². The summed E-state index contributed by atoms with van der Waals surface area (Å²) in [5.74, 6) is 0. The molecular formula is C11H17F3O. The molecule has 0 saturated heterocycles. The zero-order valence-electron chi connectivity index (χ0n) is 8.74. The van der Waals surface area contributed by atoms with Crippen molar-refractivity contribution in [1.29, 1.82) is 0 Å². The van der Waals surface area contributed by atoms with Gasteiger partial charge in [-0.05, 0) is 31.1 Å². The smallest absolute Gasteiger partial charge is 0.395 e. The summed E-state index contributed by atoms with van der Waals surface area (Å²) in [4.78, 5) is 0. The highest BCUT2D eigenvalue weighted by atomic mass is 19.4. The fraction of sp³-hybridized carbons (Fsp3) is 1.00. The van der Waals surface area contributed by atoms with Crippen LogP contribution in [0.5, 0.6) is 0 Å². The summed E-state index contributed by atoms with van der Waals surface area (Å²) in [5, 5.41) is 8.97. The van der Waals surface area contributed by atoms with Crippen LogP contribution in [0.15, 0.2) is 0 Å². The van der Waals surface area contributed by atoms with Gasteiger partial charge in [-0.1, -0.05) is 19.3 Å². The van der Waals surface area contributed by atoms with Gasteiger partial charge in [0.1, 0.15) is 0 Å². The van der Waals surface area contributed by atoms with E-state index in [1.807, 2.05) is 0 Å². The average molecular weight is 222 g/mol. The molecule has 0 unspecified atom stereocenters. The van der Waals surface area contributed by atoms with Gasteiger partial charge in [0.2, 0.25) is 0 Å². The van der Waals surface area contributed by atoms with Crippen LogP contribution in [0.4, 0.5) is 13.2 Å². The summed E-state index contributed by atoms with van der Waals surface area (Å²) >= 11 is 0. The minimum absolute atomic E-state index is 0.0868. The molecule has 0 aliphatic heterocycles. The summed E-state index contributed by atoms with van der Waals surface area (Å²) in [7, 11) is 0. The standard InChI is InChI=1S/C11H17F3O/c12-11(13,14)10(8-15)6-9(7-10)4-2-1-3-5-9/h15H,1-8H2. The van der Waals surface area contributed by atoms with Crippen molar-refractivity contribution in [2.45, 2.75) is 51.1 Å². The lowest BCUT2D eigenvalue weighted by Crippen LogP contribution is -2.57. The number of hydrogen-bond acceptors (Lipinski definition) is 1. The maximum Gasteiger partial charge on any atom is 0.396 e. The molecule has 4 heteroatoms. The predicted octanol–water partition coefficient (Wildman–Crippen LogP) is 3.27. The fourth-order valence-corrected chi connectivity index (χ4v) is 3.44. The molecule has 1 nitrogen and oxygen atoms in total. The maximum absolute atomic E-state index is 12.7. The van der Waals surface area contributed by atoms with Gasteiger partial charge in [-0.15, -0.1) is 0 Å². The van der Waals surface area contributed by atoms with Crippen LogP contribution in [0.1, 0.15) is 44.9 Å². The van der Waals surface area contributed by atoms with Crippen molar-refractivity contribution in [2.75, 3.05) is 6.61 Å². The molecule has 88 valence electrons. The molecule has 2 aliphatic rings. The second-order valence-electron chi connectivity index (χ2n) is 5.35. The van der Waals surface area contributed by atoms with Gasteiger partial charge in [0.05, 0.1) is 12.0 Å². The van der Waals surface area contributed by atoms with Crippen LogP contribution in [0.3, 0.4) is 0 Å². The van der Waals surface area contributed by atoms with Crippen molar-refractivity contribution < 1.29 is 18.3 Å². The zero-order valence-corrected chi connectivity index (χ0v) is 8.74. The Morgan fingerprint density at radius 1 is 1.00 bits per heavy atom. The third kappa shape index (κ3) is 1.67. The van der Waals surface area contributed by atoms with Gasteiger partial charge in [-0.25, -0.2) is 0 Å². The molecule has 0 heterocycles. The average Bonchev–Trinajstić information content (AvgIpc) is 2.13. The van der Waals surface area contributed by atoms with E-state index < -0.39 is 18.2 Å². The SMILES string of the molecule is OCC1(C(F)(F)F)CC2(CCCCC2)C1. The molecule has 2 fully saturated rings. The van der Waals surface area contributed by atoms with E-state index in [0.717, 1.165) is 32.1 Å². The molecular weight excluding hydrogens is 205 g/mol. The first-order chi connectivity index (χ1) is 6.93. The van der Waals surface area contributed by atoms with Crippen LogP contribution in [0.2, 0.25) is 0 Å². The minimum Gasteiger partial charge on any atom is -0.395 e. The van der Waals surface area contributed by atoms with Gasteiger partial charge in [-0.2, -0.15) is 13.2 Å². The van der Waals surface area contributed by atoms with E-state index in [1.165, 1.54) is 0 Å². The van der Waals surface area contributed by atoms with Crippen LogP contribution in [0, 0.1) is 10.8 Å². The Balaban J connectivity index is 2.05. The Kier molecular flexibility index (Phi) is 2.53. The van der Waals surface area contributed by atoms with Crippen molar-refractivity contribution in [3.63, 3.8) is 0 Å². The third-order valence-corrected chi connectivity index (χ3v) is 4.24. The number of halogens is 3. The Morgan fingerprint density at radius 2 is 1.53 bits per heavy atom. The van der Waals surface area contributed by atoms with E-state index in [9.17, 15) is 13.2 Å². The molecule has 1 spiro atoms. The maximum atomic E-state index is 12.7. The fourth-order valence-electron chi connectivity index (χ4n) is 3.44. The summed E-state index contributed by atoms with van der Waals surface area (Å²) in [6.45, 7) is -0.738. The number of hydrogen-bond donors (Lipinski definition) is 1. The normalized spacial score (nSPS) is 28.8. The van der Waals surface area contributed by atoms with Gasteiger partial charge in [0.15, 0.2) is 0 Å². The van der Waals surface area contributed by atoms with Crippen molar-refractivity contribution in [2.24, 2.45) is 10.8 Å². The number of aliphatic hydroxyl groups is 1. The van der Waals surface area contributed by atoms with Gasteiger partial charge in [-0.3, -0.25) is 0 Å². The Labute approximate surface area is 87.7 Å². The van der Waals surface area contributed by atoms with Gasteiger partial charge in [0, 0.05) is 0 Å². The lowest BCUT2D eigenvalue weighted by Gasteiger charge is -2.57. The van der Waals surface area contributed by atoms with Crippen LogP contribution in [-0.4, -0.2) is 17.9 Å². The van der Waals surface area contributed by atoms with E-state index in [-0.39, 0.29) is 18.3 Å². The van der Waals surface area contributed by atoms with Crippen molar-refractivity contribution in [3.8, 4) is 0 Å². The first kappa shape index (κ1) is 11.2. The molecule has 0 bridgehead atoms. The highest BCUT2D eigenvalue weighted by Crippen LogP contribution is 2.66. The number of alkyl halides is 3. The van der Waals surface area contributed by atoms with E-state index in [1.54, 1.807) is 0 Å². The number of aliphatic hydroxyl groups excluding tert-OH is 1.